The van der Waals surface area contributed by atoms with E-state index in [4.69, 9.17) is 0 Å². The van der Waals surface area contributed by atoms with Gasteiger partial charge in [-0.25, -0.2) is 4.79 Å². The Bertz CT molecular complexity index is 168. The van der Waals surface area contributed by atoms with E-state index < -0.39 is 18.8 Å². The van der Waals surface area contributed by atoms with Crippen LogP contribution in [0.15, 0.2) is 0 Å². The van der Waals surface area contributed by atoms with Crippen LogP contribution in [0.3, 0.4) is 0 Å². The van der Waals surface area contributed by atoms with Gasteiger partial charge in [0.2, 0.25) is 0 Å². The summed E-state index contributed by atoms with van der Waals surface area (Å²) in [6, 6.07) is -0.839. The Morgan fingerprint density at radius 1 is 1.55 bits per heavy atom. The minimum absolute atomic E-state index is 0.447. The lowest BCUT2D eigenvalue weighted by Gasteiger charge is -2.13. The second-order valence-corrected chi connectivity index (χ2v) is 1.83. The second-order valence-electron chi connectivity index (χ2n) is 1.83. The third-order valence-electron chi connectivity index (χ3n) is 0.840. The Balaban J connectivity index is 2.34. The van der Waals surface area contributed by atoms with Crippen molar-refractivity contribution in [2.75, 3.05) is 6.54 Å². The number of hydrogen-bond donors (Lipinski definition) is 2. The zero-order valence-corrected chi connectivity index (χ0v) is 5.14. The summed E-state index contributed by atoms with van der Waals surface area (Å²) in [6.45, 7) is -1.28. The SMILES string of the molecule is O=C1[N]NN(CC(F)(F)F)N1. The summed E-state index contributed by atoms with van der Waals surface area (Å²) in [6.07, 6.45) is -4.36. The molecule has 1 radical (unpaired) electrons. The first-order valence-corrected chi connectivity index (χ1v) is 2.59. The molecular weight excluding hydrogens is 165 g/mol. The number of carbonyl (C=O) groups excluding carboxylic acids is 1. The number of halogens is 3. The molecule has 1 rings (SSSR count). The molecular formula is C3H4F3N4O. The molecule has 0 spiro atoms. The molecule has 1 saturated heterocycles. The van der Waals surface area contributed by atoms with E-state index >= 15 is 0 Å². The van der Waals surface area contributed by atoms with Crippen molar-refractivity contribution in [1.82, 2.24) is 21.5 Å². The van der Waals surface area contributed by atoms with Crippen molar-refractivity contribution in [2.45, 2.75) is 6.18 Å². The minimum Gasteiger partial charge on any atom is -0.252 e. The first-order chi connectivity index (χ1) is 4.97. The highest BCUT2D eigenvalue weighted by Crippen LogP contribution is 2.14. The van der Waals surface area contributed by atoms with Crippen LogP contribution in [-0.2, 0) is 0 Å². The summed E-state index contributed by atoms with van der Waals surface area (Å²) >= 11 is 0. The van der Waals surface area contributed by atoms with E-state index in [1.807, 2.05) is 11.0 Å². The molecule has 1 aliphatic rings. The van der Waals surface area contributed by atoms with E-state index in [9.17, 15) is 18.0 Å². The Labute approximate surface area is 59.4 Å². The number of hydrogen-bond acceptors (Lipinski definition) is 3. The molecule has 2 amide bonds. The van der Waals surface area contributed by atoms with Crippen LogP contribution in [0, 0.1) is 0 Å². The molecule has 0 unspecified atom stereocenters. The van der Waals surface area contributed by atoms with Crippen molar-refractivity contribution in [1.29, 1.82) is 0 Å². The van der Waals surface area contributed by atoms with E-state index in [0.29, 0.717) is 5.12 Å². The molecule has 63 valence electrons. The van der Waals surface area contributed by atoms with Crippen molar-refractivity contribution in [3.05, 3.63) is 0 Å². The number of alkyl halides is 3. The number of urea groups is 1. The van der Waals surface area contributed by atoms with Gasteiger partial charge in [-0.1, -0.05) is 0 Å². The first kappa shape index (κ1) is 8.08. The Hall–Kier alpha value is -1.02. The lowest BCUT2D eigenvalue weighted by Crippen LogP contribution is -2.45. The fourth-order valence-corrected chi connectivity index (χ4v) is 0.525. The summed E-state index contributed by atoms with van der Waals surface area (Å²) in [4.78, 5) is 10.2. The fourth-order valence-electron chi connectivity index (χ4n) is 0.525. The summed E-state index contributed by atoms with van der Waals surface area (Å²) in [5.74, 6) is 0. The molecule has 5 nitrogen and oxygen atoms in total. The van der Waals surface area contributed by atoms with Gasteiger partial charge in [0, 0.05) is 0 Å². The summed E-state index contributed by atoms with van der Waals surface area (Å²) in [7, 11) is 0. The molecule has 1 fully saturated rings. The molecule has 0 aromatic carbocycles. The van der Waals surface area contributed by atoms with Gasteiger partial charge in [-0.15, -0.1) is 16.1 Å². The van der Waals surface area contributed by atoms with Gasteiger partial charge < -0.3 is 0 Å². The van der Waals surface area contributed by atoms with Crippen molar-refractivity contribution in [3.8, 4) is 0 Å². The highest BCUT2D eigenvalue weighted by molar-refractivity contribution is 5.73. The van der Waals surface area contributed by atoms with Gasteiger partial charge in [-0.2, -0.15) is 13.2 Å². The van der Waals surface area contributed by atoms with E-state index in [2.05, 4.69) is 5.43 Å². The zero-order chi connectivity index (χ0) is 8.48. The van der Waals surface area contributed by atoms with Gasteiger partial charge in [-0.3, -0.25) is 5.43 Å². The number of amides is 2. The van der Waals surface area contributed by atoms with E-state index in [1.54, 1.807) is 0 Å². The van der Waals surface area contributed by atoms with Gasteiger partial charge in [0.15, 0.2) is 0 Å². The van der Waals surface area contributed by atoms with E-state index in [1.165, 1.54) is 0 Å². The number of hydrazine groups is 2. The minimum atomic E-state index is -4.36. The van der Waals surface area contributed by atoms with Crippen LogP contribution in [0.2, 0.25) is 0 Å². The van der Waals surface area contributed by atoms with Gasteiger partial charge in [0.1, 0.15) is 6.54 Å². The summed E-state index contributed by atoms with van der Waals surface area (Å²) < 4.78 is 34.7. The van der Waals surface area contributed by atoms with Crippen molar-refractivity contribution < 1.29 is 18.0 Å². The van der Waals surface area contributed by atoms with Gasteiger partial charge >= 0.3 is 12.2 Å². The van der Waals surface area contributed by atoms with Crippen molar-refractivity contribution in [2.24, 2.45) is 0 Å². The molecule has 11 heavy (non-hydrogen) atoms. The average molecular weight is 169 g/mol. The second kappa shape index (κ2) is 2.55. The molecule has 0 aromatic heterocycles. The van der Waals surface area contributed by atoms with E-state index in [0.717, 1.165) is 0 Å². The predicted octanol–water partition coefficient (Wildman–Crippen LogP) is -0.487. The maximum absolute atomic E-state index is 11.6. The molecule has 1 heterocycles. The van der Waals surface area contributed by atoms with Crippen molar-refractivity contribution in [3.63, 3.8) is 0 Å². The normalized spacial score (nSPS) is 19.7. The molecule has 1 aliphatic heterocycles. The van der Waals surface area contributed by atoms with Crippen LogP contribution >= 0.6 is 0 Å². The standard InChI is InChI=1S/C3H4F3N4O/c4-3(5,6)1-10-8-2(11)7-9-10/h9H,1H2,(H,8,11). The Morgan fingerprint density at radius 3 is 2.55 bits per heavy atom. The molecule has 0 saturated carbocycles. The van der Waals surface area contributed by atoms with E-state index in [-0.39, 0.29) is 0 Å². The van der Waals surface area contributed by atoms with Crippen LogP contribution < -0.4 is 16.4 Å². The lowest BCUT2D eigenvalue weighted by molar-refractivity contribution is -0.155. The number of carbonyl (C=O) groups is 1. The van der Waals surface area contributed by atoms with Crippen LogP contribution in [0.1, 0.15) is 0 Å². The third kappa shape index (κ3) is 2.60. The molecule has 0 bridgehead atoms. The number of nitrogens with one attached hydrogen (secondary N) is 2. The largest absolute Gasteiger partial charge is 0.404 e. The zero-order valence-electron chi connectivity index (χ0n) is 5.14. The van der Waals surface area contributed by atoms with Gasteiger partial charge in [0.25, 0.3) is 0 Å². The smallest absolute Gasteiger partial charge is 0.252 e. The highest BCUT2D eigenvalue weighted by Gasteiger charge is 2.34. The highest BCUT2D eigenvalue weighted by atomic mass is 19.4. The lowest BCUT2D eigenvalue weighted by atomic mass is 10.6. The van der Waals surface area contributed by atoms with Gasteiger partial charge in [0.05, 0.1) is 0 Å². The maximum atomic E-state index is 11.6. The molecule has 0 aromatic rings. The average Bonchev–Trinajstić information content (AvgIpc) is 2.10. The first-order valence-electron chi connectivity index (χ1n) is 2.59. The number of rotatable bonds is 1. The van der Waals surface area contributed by atoms with Crippen LogP contribution in [0.25, 0.3) is 0 Å². The quantitative estimate of drug-likeness (QED) is 0.557. The third-order valence-corrected chi connectivity index (χ3v) is 0.840. The molecule has 8 heteroatoms. The molecule has 2 N–H and O–H groups in total. The van der Waals surface area contributed by atoms with Crippen LogP contribution in [-0.4, -0.2) is 23.9 Å². The molecule has 0 atom stereocenters. The fraction of sp³-hybridized carbons (Fsp3) is 0.667. The maximum Gasteiger partial charge on any atom is 0.404 e. The topological polar surface area (TPSA) is 58.5 Å². The molecule has 0 aliphatic carbocycles. The summed E-state index contributed by atoms with van der Waals surface area (Å²) in [5.41, 5.74) is 6.58. The van der Waals surface area contributed by atoms with Crippen molar-refractivity contribution >= 4 is 6.03 Å². The number of nitrogens with zero attached hydrogens (tertiary/aromatic N) is 2. The monoisotopic (exact) mass is 169 g/mol. The predicted molar refractivity (Wildman–Crippen MR) is 26.6 cm³/mol. The van der Waals surface area contributed by atoms with Gasteiger partial charge in [-0.05, 0) is 0 Å². The Morgan fingerprint density at radius 2 is 2.18 bits per heavy atom. The summed E-state index contributed by atoms with van der Waals surface area (Å²) in [5, 5.41) is 0.447. The Kier molecular flexibility index (Phi) is 1.87. The van der Waals surface area contributed by atoms with Crippen LogP contribution in [0.4, 0.5) is 18.0 Å². The van der Waals surface area contributed by atoms with Crippen LogP contribution in [0.5, 0.6) is 0 Å².